The molecular formula is C30H28FN5O2S. The third-order valence-corrected chi connectivity index (χ3v) is 8.24. The van der Waals surface area contributed by atoms with Gasteiger partial charge in [0.05, 0.1) is 5.69 Å². The minimum Gasteiger partial charge on any atom is -0.368 e. The van der Waals surface area contributed by atoms with Crippen LogP contribution in [0.5, 0.6) is 0 Å². The van der Waals surface area contributed by atoms with Gasteiger partial charge in [0.15, 0.2) is 5.17 Å². The predicted molar refractivity (Wildman–Crippen MR) is 153 cm³/mol. The maximum absolute atomic E-state index is 14.2. The second kappa shape index (κ2) is 11.0. The van der Waals surface area contributed by atoms with E-state index in [1.165, 1.54) is 23.5 Å². The molecule has 0 aromatic heterocycles. The molecule has 3 heterocycles. The zero-order valence-corrected chi connectivity index (χ0v) is 22.2. The first-order valence-corrected chi connectivity index (χ1v) is 14.1. The number of amidine groups is 2. The molecule has 198 valence electrons. The Hall–Kier alpha value is -3.98. The van der Waals surface area contributed by atoms with Crippen molar-refractivity contribution in [3.8, 4) is 0 Å². The summed E-state index contributed by atoms with van der Waals surface area (Å²) < 4.78 is 14.2. The molecule has 3 aromatic carbocycles. The highest BCUT2D eigenvalue weighted by Crippen LogP contribution is 2.35. The lowest BCUT2D eigenvalue weighted by atomic mass is 10.1. The van der Waals surface area contributed by atoms with Crippen molar-refractivity contribution in [1.29, 1.82) is 0 Å². The van der Waals surface area contributed by atoms with E-state index in [0.29, 0.717) is 41.8 Å². The lowest BCUT2D eigenvalue weighted by Crippen LogP contribution is -2.49. The fourth-order valence-corrected chi connectivity index (χ4v) is 6.10. The number of amides is 2. The Labute approximate surface area is 231 Å². The number of halogens is 1. The van der Waals surface area contributed by atoms with Gasteiger partial charge in [0, 0.05) is 49.6 Å². The van der Waals surface area contributed by atoms with E-state index in [1.807, 2.05) is 47.4 Å². The van der Waals surface area contributed by atoms with Crippen LogP contribution in [0.2, 0.25) is 0 Å². The van der Waals surface area contributed by atoms with Crippen LogP contribution in [0.4, 0.5) is 15.8 Å². The molecule has 0 N–H and O–H groups in total. The van der Waals surface area contributed by atoms with Crippen LogP contribution in [-0.2, 0) is 15.3 Å². The molecule has 0 spiro atoms. The number of thioether (sulfide) groups is 1. The van der Waals surface area contributed by atoms with Crippen molar-refractivity contribution in [2.45, 2.75) is 24.6 Å². The lowest BCUT2D eigenvalue weighted by Gasteiger charge is -2.36. The van der Waals surface area contributed by atoms with E-state index < -0.39 is 6.04 Å². The fraction of sp³-hybridized carbons (Fsp3) is 0.267. The van der Waals surface area contributed by atoms with E-state index in [4.69, 9.17) is 9.98 Å². The highest BCUT2D eigenvalue weighted by Gasteiger charge is 2.41. The molecule has 1 saturated heterocycles. The molecule has 0 aliphatic carbocycles. The average molecular weight is 542 g/mol. The zero-order valence-electron chi connectivity index (χ0n) is 21.4. The Morgan fingerprint density at radius 2 is 1.64 bits per heavy atom. The molecule has 39 heavy (non-hydrogen) atoms. The monoisotopic (exact) mass is 541 g/mol. The van der Waals surface area contributed by atoms with Crippen LogP contribution >= 0.6 is 11.8 Å². The first-order valence-electron chi connectivity index (χ1n) is 13.1. The highest BCUT2D eigenvalue weighted by atomic mass is 32.2. The van der Waals surface area contributed by atoms with Crippen molar-refractivity contribution in [2.75, 3.05) is 31.1 Å². The minimum atomic E-state index is -0.653. The summed E-state index contributed by atoms with van der Waals surface area (Å²) in [4.78, 5) is 41.8. The Balaban J connectivity index is 1.12. The molecular weight excluding hydrogens is 513 g/mol. The average Bonchev–Trinajstić information content (AvgIpc) is 3.32. The molecule has 3 aliphatic heterocycles. The van der Waals surface area contributed by atoms with Crippen molar-refractivity contribution in [2.24, 2.45) is 9.98 Å². The first-order chi connectivity index (χ1) is 19.1. The number of hydrogen-bond donors (Lipinski definition) is 0. The summed E-state index contributed by atoms with van der Waals surface area (Å²) in [7, 11) is 0. The van der Waals surface area contributed by atoms with Crippen LogP contribution < -0.4 is 4.90 Å². The summed E-state index contributed by atoms with van der Waals surface area (Å²) in [5, 5.41) is 0.478. The molecule has 1 fully saturated rings. The van der Waals surface area contributed by atoms with Gasteiger partial charge in [-0.1, -0.05) is 60.3 Å². The number of fused-ring (bicyclic) bond motifs is 3. The number of piperazine rings is 1. The van der Waals surface area contributed by atoms with E-state index >= 15 is 0 Å². The number of anilines is 1. The number of aliphatic imine (C=N–C) groups is 2. The molecule has 2 amide bonds. The summed E-state index contributed by atoms with van der Waals surface area (Å²) in [5.41, 5.74) is 3.22. The van der Waals surface area contributed by atoms with Crippen LogP contribution in [0.15, 0.2) is 88.8 Å². The number of benzene rings is 3. The van der Waals surface area contributed by atoms with Crippen molar-refractivity contribution in [3.63, 3.8) is 0 Å². The SMILES string of the molecule is O=C(CC[C@H]1N=C2c3ccccc3N=C(SCc3ccccc3F)N2C1=O)N1CCN(c2ccccc2)CC1. The molecule has 0 saturated carbocycles. The number of para-hydroxylation sites is 2. The highest BCUT2D eigenvalue weighted by molar-refractivity contribution is 8.13. The van der Waals surface area contributed by atoms with Crippen LogP contribution in [-0.4, -0.2) is 64.8 Å². The van der Waals surface area contributed by atoms with Gasteiger partial charge < -0.3 is 9.80 Å². The number of hydrogen-bond acceptors (Lipinski definition) is 6. The van der Waals surface area contributed by atoms with Crippen molar-refractivity contribution >= 4 is 46.0 Å². The molecule has 0 bridgehead atoms. The quantitative estimate of drug-likeness (QED) is 0.448. The number of carbonyl (C=O) groups excluding carboxylic acids is 2. The maximum Gasteiger partial charge on any atom is 0.259 e. The maximum atomic E-state index is 14.2. The van der Waals surface area contributed by atoms with E-state index in [-0.39, 0.29) is 24.1 Å². The van der Waals surface area contributed by atoms with Gasteiger partial charge in [-0.05, 0) is 42.3 Å². The third kappa shape index (κ3) is 5.18. The number of nitrogens with zero attached hydrogens (tertiary/aromatic N) is 5. The van der Waals surface area contributed by atoms with Crippen LogP contribution in [0.25, 0.3) is 0 Å². The Kier molecular flexibility index (Phi) is 7.15. The standard InChI is InChI=1S/C30H28FN5O2S/c31-24-12-6-4-8-21(24)20-39-30-33-25-13-7-5-11-23(25)28-32-26(29(38)36(28)30)14-15-27(37)35-18-16-34(17-19-35)22-9-2-1-3-10-22/h1-13,26H,14-20H2/t26-/m1/s1. The summed E-state index contributed by atoms with van der Waals surface area (Å²) in [6.45, 7) is 2.88. The smallest absolute Gasteiger partial charge is 0.259 e. The Bertz CT molecular complexity index is 1450. The molecule has 3 aromatic rings. The fourth-order valence-electron chi connectivity index (χ4n) is 5.12. The van der Waals surface area contributed by atoms with E-state index in [0.717, 1.165) is 24.3 Å². The molecule has 1 atom stereocenters. The summed E-state index contributed by atoms with van der Waals surface area (Å²) in [6.07, 6.45) is 0.590. The van der Waals surface area contributed by atoms with Crippen LogP contribution in [0.3, 0.4) is 0 Å². The molecule has 6 rings (SSSR count). The van der Waals surface area contributed by atoms with Gasteiger partial charge in [0.25, 0.3) is 5.91 Å². The molecule has 3 aliphatic rings. The van der Waals surface area contributed by atoms with Gasteiger partial charge in [-0.3, -0.25) is 14.6 Å². The second-order valence-electron chi connectivity index (χ2n) is 9.68. The van der Waals surface area contributed by atoms with Crippen LogP contribution in [0, 0.1) is 5.82 Å². The molecule has 0 radical (unpaired) electrons. The van der Waals surface area contributed by atoms with Gasteiger partial charge >= 0.3 is 0 Å². The molecule has 9 heteroatoms. The van der Waals surface area contributed by atoms with Gasteiger partial charge in [0.1, 0.15) is 17.7 Å². The normalized spacial score (nSPS) is 18.4. The zero-order chi connectivity index (χ0) is 26.8. The van der Waals surface area contributed by atoms with Gasteiger partial charge in [-0.2, -0.15) is 0 Å². The molecule has 7 nitrogen and oxygen atoms in total. The van der Waals surface area contributed by atoms with E-state index in [1.54, 1.807) is 23.1 Å². The number of carbonyl (C=O) groups is 2. The largest absolute Gasteiger partial charge is 0.368 e. The second-order valence-corrected chi connectivity index (χ2v) is 10.6. The topological polar surface area (TPSA) is 68.6 Å². The predicted octanol–water partition coefficient (Wildman–Crippen LogP) is 4.85. The van der Waals surface area contributed by atoms with E-state index in [2.05, 4.69) is 17.0 Å². The summed E-state index contributed by atoms with van der Waals surface area (Å²) in [6, 6.07) is 23.7. The van der Waals surface area contributed by atoms with Crippen molar-refractivity contribution in [1.82, 2.24) is 9.80 Å². The van der Waals surface area contributed by atoms with Gasteiger partial charge in [0.2, 0.25) is 5.91 Å². The Morgan fingerprint density at radius 1 is 0.923 bits per heavy atom. The Morgan fingerprint density at radius 3 is 2.44 bits per heavy atom. The summed E-state index contributed by atoms with van der Waals surface area (Å²) in [5.74, 6) is 0.452. The first kappa shape index (κ1) is 25.3. The summed E-state index contributed by atoms with van der Waals surface area (Å²) >= 11 is 1.31. The molecule has 0 unspecified atom stereocenters. The van der Waals surface area contributed by atoms with E-state index in [9.17, 15) is 14.0 Å². The van der Waals surface area contributed by atoms with Crippen molar-refractivity contribution < 1.29 is 14.0 Å². The minimum absolute atomic E-state index is 0.0452. The van der Waals surface area contributed by atoms with Gasteiger partial charge in [-0.25, -0.2) is 14.3 Å². The van der Waals surface area contributed by atoms with Crippen molar-refractivity contribution in [3.05, 3.63) is 95.8 Å². The van der Waals surface area contributed by atoms with Crippen LogP contribution in [0.1, 0.15) is 24.0 Å². The number of rotatable bonds is 6. The third-order valence-electron chi connectivity index (χ3n) is 7.25. The van der Waals surface area contributed by atoms with Gasteiger partial charge in [-0.15, -0.1) is 0 Å². The lowest BCUT2D eigenvalue weighted by molar-refractivity contribution is -0.131.